The van der Waals surface area contributed by atoms with Crippen molar-refractivity contribution >= 4 is 5.78 Å². The zero-order valence-corrected chi connectivity index (χ0v) is 9.94. The first-order chi connectivity index (χ1) is 7.70. The van der Waals surface area contributed by atoms with E-state index in [1.54, 1.807) is 0 Å². The molecule has 0 radical (unpaired) electrons. The largest absolute Gasteiger partial charge is 0.307 e. The van der Waals surface area contributed by atoms with Gasteiger partial charge in [-0.05, 0) is 18.5 Å². The summed E-state index contributed by atoms with van der Waals surface area (Å²) in [6, 6.07) is 10.4. The maximum atomic E-state index is 12.1. The molecule has 0 spiro atoms. The van der Waals surface area contributed by atoms with Gasteiger partial charge in [-0.1, -0.05) is 44.2 Å². The van der Waals surface area contributed by atoms with Crippen LogP contribution in [0.4, 0.5) is 0 Å². The first-order valence-corrected chi connectivity index (χ1v) is 6.02. The van der Waals surface area contributed by atoms with Crippen molar-refractivity contribution in [2.24, 2.45) is 5.92 Å². The van der Waals surface area contributed by atoms with Crippen LogP contribution in [0.15, 0.2) is 30.3 Å². The lowest BCUT2D eigenvalue weighted by Crippen LogP contribution is -2.37. The molecule has 2 rings (SSSR count). The van der Waals surface area contributed by atoms with Crippen molar-refractivity contribution in [1.82, 2.24) is 5.32 Å². The molecule has 0 aliphatic carbocycles. The molecule has 1 aromatic carbocycles. The number of carbonyl (C=O) groups is 1. The molecule has 0 bridgehead atoms. The Morgan fingerprint density at radius 1 is 1.31 bits per heavy atom. The van der Waals surface area contributed by atoms with Gasteiger partial charge in [-0.2, -0.15) is 0 Å². The topological polar surface area (TPSA) is 29.1 Å². The Kier molecular flexibility index (Phi) is 3.39. The summed E-state index contributed by atoms with van der Waals surface area (Å²) in [4.78, 5) is 12.1. The summed E-state index contributed by atoms with van der Waals surface area (Å²) in [6.07, 6.45) is 1.06. The Morgan fingerprint density at radius 2 is 2.00 bits per heavy atom. The lowest BCUT2D eigenvalue weighted by molar-refractivity contribution is -0.123. The molecule has 1 aliphatic heterocycles. The lowest BCUT2D eigenvalue weighted by atomic mass is 9.86. The maximum absolute atomic E-state index is 12.1. The zero-order chi connectivity index (χ0) is 11.5. The van der Waals surface area contributed by atoms with Crippen molar-refractivity contribution in [3.05, 3.63) is 35.9 Å². The Morgan fingerprint density at radius 3 is 2.62 bits per heavy atom. The lowest BCUT2D eigenvalue weighted by Gasteiger charge is -2.20. The summed E-state index contributed by atoms with van der Waals surface area (Å²) in [6.45, 7) is 4.90. The van der Waals surface area contributed by atoms with Crippen LogP contribution in [0.25, 0.3) is 0 Å². The van der Waals surface area contributed by atoms with Crippen LogP contribution < -0.4 is 5.32 Å². The third kappa shape index (κ3) is 2.17. The van der Waals surface area contributed by atoms with E-state index in [0.29, 0.717) is 11.7 Å². The van der Waals surface area contributed by atoms with E-state index >= 15 is 0 Å². The Labute approximate surface area is 97.1 Å². The van der Waals surface area contributed by atoms with E-state index in [2.05, 4.69) is 17.4 Å². The fourth-order valence-electron chi connectivity index (χ4n) is 2.42. The van der Waals surface area contributed by atoms with Gasteiger partial charge >= 0.3 is 0 Å². The second-order valence-electron chi connectivity index (χ2n) is 4.79. The van der Waals surface area contributed by atoms with Gasteiger partial charge in [-0.25, -0.2) is 0 Å². The molecule has 16 heavy (non-hydrogen) atoms. The van der Waals surface area contributed by atoms with Crippen LogP contribution in [0.2, 0.25) is 0 Å². The minimum Gasteiger partial charge on any atom is -0.307 e. The van der Waals surface area contributed by atoms with Crippen LogP contribution in [0, 0.1) is 5.92 Å². The van der Waals surface area contributed by atoms with Crippen LogP contribution >= 0.6 is 0 Å². The Hall–Kier alpha value is -1.15. The summed E-state index contributed by atoms with van der Waals surface area (Å²) in [5.74, 6) is 0.810. The molecule has 0 saturated carbocycles. The Bertz CT molecular complexity index is 358. The molecule has 1 N–H and O–H groups in total. The molecular weight excluding hydrogens is 198 g/mol. The number of Topliss-reactive ketones (excluding diaryl/α,β-unsaturated/α-hetero) is 1. The molecule has 2 nitrogen and oxygen atoms in total. The molecule has 1 saturated heterocycles. The third-order valence-electron chi connectivity index (χ3n) is 3.33. The van der Waals surface area contributed by atoms with Crippen molar-refractivity contribution in [2.75, 3.05) is 6.54 Å². The minimum absolute atomic E-state index is 0.0161. The van der Waals surface area contributed by atoms with E-state index in [9.17, 15) is 4.79 Å². The molecule has 0 amide bonds. The summed E-state index contributed by atoms with van der Waals surface area (Å²) >= 11 is 0. The fourth-order valence-corrected chi connectivity index (χ4v) is 2.42. The molecule has 1 unspecified atom stereocenters. The number of ketones is 1. The highest BCUT2D eigenvalue weighted by atomic mass is 16.1. The number of carbonyl (C=O) groups excluding carboxylic acids is 1. The van der Waals surface area contributed by atoms with Crippen molar-refractivity contribution in [3.8, 4) is 0 Å². The molecule has 1 heterocycles. The van der Waals surface area contributed by atoms with Gasteiger partial charge in [0, 0.05) is 11.8 Å². The predicted octanol–water partition coefficient (Wildman–Crippen LogP) is 2.36. The van der Waals surface area contributed by atoms with Crippen LogP contribution in [0.5, 0.6) is 0 Å². The van der Waals surface area contributed by atoms with Crippen molar-refractivity contribution in [3.63, 3.8) is 0 Å². The number of nitrogens with one attached hydrogen (secondary N) is 1. The van der Waals surface area contributed by atoms with E-state index in [-0.39, 0.29) is 12.0 Å². The van der Waals surface area contributed by atoms with Crippen LogP contribution in [0.3, 0.4) is 0 Å². The molecule has 2 heteroatoms. The highest BCUT2D eigenvalue weighted by Crippen LogP contribution is 2.29. The number of hydrogen-bond acceptors (Lipinski definition) is 2. The van der Waals surface area contributed by atoms with Crippen LogP contribution in [0.1, 0.15) is 31.7 Å². The zero-order valence-electron chi connectivity index (χ0n) is 9.94. The van der Waals surface area contributed by atoms with Gasteiger partial charge in [-0.15, -0.1) is 0 Å². The smallest absolute Gasteiger partial charge is 0.152 e. The molecule has 0 aromatic heterocycles. The molecule has 1 fully saturated rings. The minimum atomic E-state index is 0.0161. The van der Waals surface area contributed by atoms with Gasteiger partial charge in [0.05, 0.1) is 6.04 Å². The summed E-state index contributed by atoms with van der Waals surface area (Å²) in [7, 11) is 0. The second-order valence-corrected chi connectivity index (χ2v) is 4.79. The number of rotatable bonds is 3. The average Bonchev–Trinajstić information content (AvgIpc) is 2.77. The average molecular weight is 217 g/mol. The van der Waals surface area contributed by atoms with Gasteiger partial charge in [-0.3, -0.25) is 4.79 Å². The monoisotopic (exact) mass is 217 g/mol. The van der Waals surface area contributed by atoms with E-state index in [4.69, 9.17) is 0 Å². The summed E-state index contributed by atoms with van der Waals surface area (Å²) in [5.41, 5.74) is 1.28. The highest BCUT2D eigenvalue weighted by Gasteiger charge is 2.34. The molecule has 1 aromatic rings. The van der Waals surface area contributed by atoms with Gasteiger partial charge in [0.25, 0.3) is 0 Å². The van der Waals surface area contributed by atoms with Gasteiger partial charge < -0.3 is 5.32 Å². The SMILES string of the molecule is CC(C)C(=O)[C@H]1NCCC1c1ccccc1. The first kappa shape index (κ1) is 11.3. The molecule has 86 valence electrons. The molecular formula is C14H19NO. The van der Waals surface area contributed by atoms with Gasteiger partial charge in [0.15, 0.2) is 5.78 Å². The predicted molar refractivity (Wildman–Crippen MR) is 65.4 cm³/mol. The highest BCUT2D eigenvalue weighted by molar-refractivity contribution is 5.87. The van der Waals surface area contributed by atoms with Crippen LogP contribution in [-0.4, -0.2) is 18.4 Å². The third-order valence-corrected chi connectivity index (χ3v) is 3.33. The van der Waals surface area contributed by atoms with Gasteiger partial charge in [0.2, 0.25) is 0 Å². The first-order valence-electron chi connectivity index (χ1n) is 6.02. The van der Waals surface area contributed by atoms with E-state index in [1.807, 2.05) is 32.0 Å². The number of benzene rings is 1. The van der Waals surface area contributed by atoms with Gasteiger partial charge in [0.1, 0.15) is 0 Å². The maximum Gasteiger partial charge on any atom is 0.152 e. The van der Waals surface area contributed by atoms with Crippen molar-refractivity contribution < 1.29 is 4.79 Å². The van der Waals surface area contributed by atoms with E-state index < -0.39 is 0 Å². The van der Waals surface area contributed by atoms with Crippen molar-refractivity contribution in [2.45, 2.75) is 32.2 Å². The quantitative estimate of drug-likeness (QED) is 0.842. The second kappa shape index (κ2) is 4.79. The summed E-state index contributed by atoms with van der Waals surface area (Å²) < 4.78 is 0. The van der Waals surface area contributed by atoms with E-state index in [0.717, 1.165) is 13.0 Å². The summed E-state index contributed by atoms with van der Waals surface area (Å²) in [5, 5.41) is 3.34. The molecule has 2 atom stereocenters. The molecule has 1 aliphatic rings. The van der Waals surface area contributed by atoms with Crippen LogP contribution in [-0.2, 0) is 4.79 Å². The normalized spacial score (nSPS) is 24.9. The number of hydrogen-bond donors (Lipinski definition) is 1. The van der Waals surface area contributed by atoms with E-state index in [1.165, 1.54) is 5.56 Å². The Balaban J connectivity index is 2.19. The standard InChI is InChI=1S/C14H19NO/c1-10(2)14(16)13-12(8-9-15-13)11-6-4-3-5-7-11/h3-7,10,12-13,15H,8-9H2,1-2H3/t12?,13-/m0/s1. The van der Waals surface area contributed by atoms with Crippen molar-refractivity contribution in [1.29, 1.82) is 0 Å². The fraction of sp³-hybridized carbons (Fsp3) is 0.500.